The maximum absolute atomic E-state index is 11.9. The van der Waals surface area contributed by atoms with Crippen LogP contribution in [0.4, 0.5) is 0 Å². The third kappa shape index (κ3) is 6.37. The van der Waals surface area contributed by atoms with Crippen LogP contribution in [0.3, 0.4) is 0 Å². The third-order valence-electron chi connectivity index (χ3n) is 3.59. The number of halogens is 1. The van der Waals surface area contributed by atoms with E-state index in [4.69, 9.17) is 4.74 Å². The minimum absolute atomic E-state index is 0. The van der Waals surface area contributed by atoms with E-state index in [1.165, 1.54) is 18.4 Å². The predicted octanol–water partition coefficient (Wildman–Crippen LogP) is 1.01. The van der Waals surface area contributed by atoms with Gasteiger partial charge in [-0.15, -0.1) is 12.4 Å². The van der Waals surface area contributed by atoms with Crippen LogP contribution in [-0.4, -0.2) is 46.8 Å². The Morgan fingerprint density at radius 3 is 2.61 bits per heavy atom. The molecule has 1 heterocycles. The van der Waals surface area contributed by atoms with Gasteiger partial charge in [0.1, 0.15) is 12.4 Å². The summed E-state index contributed by atoms with van der Waals surface area (Å²) in [5.74, 6) is 0.687. The number of hydrogen-bond donors (Lipinski definition) is 2. The first-order valence-corrected chi connectivity index (χ1v) is 9.27. The minimum Gasteiger partial charge on any atom is -0.492 e. The monoisotopic (exact) mass is 362 g/mol. The van der Waals surface area contributed by atoms with Crippen molar-refractivity contribution in [1.82, 2.24) is 10.6 Å². The van der Waals surface area contributed by atoms with Crippen LogP contribution in [0.25, 0.3) is 0 Å². The largest absolute Gasteiger partial charge is 0.492 e. The van der Waals surface area contributed by atoms with Gasteiger partial charge in [0, 0.05) is 12.8 Å². The number of carbonyl (C=O) groups excluding carboxylic acids is 1. The zero-order valence-electron chi connectivity index (χ0n) is 13.1. The van der Waals surface area contributed by atoms with Crippen molar-refractivity contribution in [2.45, 2.75) is 17.7 Å². The Hall–Kier alpha value is -1.31. The Labute approximate surface area is 143 Å². The highest BCUT2D eigenvalue weighted by Crippen LogP contribution is 2.15. The van der Waals surface area contributed by atoms with Gasteiger partial charge in [0.05, 0.1) is 17.4 Å². The maximum atomic E-state index is 11.9. The van der Waals surface area contributed by atoms with Crippen LogP contribution in [0.15, 0.2) is 29.2 Å². The van der Waals surface area contributed by atoms with Crippen molar-refractivity contribution in [3.8, 4) is 5.75 Å². The molecule has 1 aliphatic heterocycles. The van der Waals surface area contributed by atoms with Gasteiger partial charge in [-0.05, 0) is 43.7 Å². The first-order chi connectivity index (χ1) is 10.5. The van der Waals surface area contributed by atoms with Gasteiger partial charge in [0.25, 0.3) is 0 Å². The summed E-state index contributed by atoms with van der Waals surface area (Å²) in [6.07, 6.45) is 3.12. The molecule has 0 spiro atoms. The summed E-state index contributed by atoms with van der Waals surface area (Å²) in [6, 6.07) is 6.25. The molecule has 8 heteroatoms. The van der Waals surface area contributed by atoms with E-state index in [-0.39, 0.29) is 29.1 Å². The second-order valence-corrected chi connectivity index (χ2v) is 7.44. The van der Waals surface area contributed by atoms with Crippen molar-refractivity contribution >= 4 is 28.2 Å². The Balaban J connectivity index is 0.00000264. The van der Waals surface area contributed by atoms with E-state index < -0.39 is 9.84 Å². The van der Waals surface area contributed by atoms with E-state index in [9.17, 15) is 13.2 Å². The lowest BCUT2D eigenvalue weighted by atomic mass is 9.99. The summed E-state index contributed by atoms with van der Waals surface area (Å²) in [6.45, 7) is 2.50. The van der Waals surface area contributed by atoms with Crippen LogP contribution in [-0.2, 0) is 14.6 Å². The second kappa shape index (κ2) is 9.10. The molecular weight excluding hydrogens is 340 g/mol. The summed E-state index contributed by atoms with van der Waals surface area (Å²) in [5.41, 5.74) is 0. The third-order valence-corrected chi connectivity index (χ3v) is 4.72. The SMILES string of the molecule is CS(=O)(=O)c1ccc(OCCNC(=O)C2CCCNC2)cc1.Cl. The zero-order chi connectivity index (χ0) is 16.0. The van der Waals surface area contributed by atoms with Gasteiger partial charge in [-0.2, -0.15) is 0 Å². The Morgan fingerprint density at radius 1 is 1.35 bits per heavy atom. The smallest absolute Gasteiger partial charge is 0.224 e. The number of nitrogens with one attached hydrogen (secondary N) is 2. The Morgan fingerprint density at radius 2 is 2.04 bits per heavy atom. The van der Waals surface area contributed by atoms with Crippen LogP contribution in [0.1, 0.15) is 12.8 Å². The van der Waals surface area contributed by atoms with Gasteiger partial charge in [-0.1, -0.05) is 0 Å². The van der Waals surface area contributed by atoms with E-state index >= 15 is 0 Å². The van der Waals surface area contributed by atoms with Crippen LogP contribution in [0.5, 0.6) is 5.75 Å². The lowest BCUT2D eigenvalue weighted by molar-refractivity contribution is -0.125. The van der Waals surface area contributed by atoms with Gasteiger partial charge < -0.3 is 15.4 Å². The fourth-order valence-corrected chi connectivity index (χ4v) is 2.98. The summed E-state index contributed by atoms with van der Waals surface area (Å²) in [4.78, 5) is 12.2. The van der Waals surface area contributed by atoms with Crippen molar-refractivity contribution in [3.63, 3.8) is 0 Å². The van der Waals surface area contributed by atoms with Crippen molar-refractivity contribution in [2.75, 3.05) is 32.5 Å². The molecule has 1 aromatic carbocycles. The van der Waals surface area contributed by atoms with Crippen LogP contribution in [0.2, 0.25) is 0 Å². The average molecular weight is 363 g/mol. The predicted molar refractivity (Wildman–Crippen MR) is 90.9 cm³/mol. The highest BCUT2D eigenvalue weighted by molar-refractivity contribution is 7.90. The van der Waals surface area contributed by atoms with Gasteiger partial charge in [-0.25, -0.2) is 8.42 Å². The average Bonchev–Trinajstić information content (AvgIpc) is 2.52. The number of amides is 1. The molecule has 1 saturated heterocycles. The van der Waals surface area contributed by atoms with E-state index in [1.54, 1.807) is 12.1 Å². The number of sulfone groups is 1. The molecule has 1 aromatic rings. The highest BCUT2D eigenvalue weighted by atomic mass is 35.5. The van der Waals surface area contributed by atoms with Gasteiger partial charge in [0.2, 0.25) is 5.91 Å². The number of benzene rings is 1. The zero-order valence-corrected chi connectivity index (χ0v) is 14.7. The molecular formula is C15H23ClN2O4S. The molecule has 1 aliphatic rings. The first kappa shape index (κ1) is 19.7. The summed E-state index contributed by atoms with van der Waals surface area (Å²) < 4.78 is 28.2. The van der Waals surface area contributed by atoms with Gasteiger partial charge in [-0.3, -0.25) is 4.79 Å². The second-order valence-electron chi connectivity index (χ2n) is 5.43. The number of carbonyl (C=O) groups is 1. The molecule has 0 aliphatic carbocycles. The molecule has 6 nitrogen and oxygen atoms in total. The molecule has 1 amide bonds. The topological polar surface area (TPSA) is 84.5 Å². The number of rotatable bonds is 6. The van der Waals surface area contributed by atoms with Crippen LogP contribution < -0.4 is 15.4 Å². The molecule has 1 unspecified atom stereocenters. The van der Waals surface area contributed by atoms with Crippen molar-refractivity contribution in [2.24, 2.45) is 5.92 Å². The molecule has 2 rings (SSSR count). The van der Waals surface area contributed by atoms with E-state index in [0.29, 0.717) is 18.9 Å². The number of piperidine rings is 1. The quantitative estimate of drug-likeness (QED) is 0.738. The maximum Gasteiger partial charge on any atom is 0.224 e. The molecule has 1 fully saturated rings. The molecule has 0 bridgehead atoms. The summed E-state index contributed by atoms with van der Waals surface area (Å²) in [7, 11) is -3.19. The van der Waals surface area contributed by atoms with Gasteiger partial charge in [0.15, 0.2) is 9.84 Å². The first-order valence-electron chi connectivity index (χ1n) is 7.38. The minimum atomic E-state index is -3.19. The molecule has 0 aromatic heterocycles. The standard InChI is InChI=1S/C15H22N2O4S.ClH/c1-22(19,20)14-6-4-13(5-7-14)21-10-9-17-15(18)12-3-2-8-16-11-12;/h4-7,12,16H,2-3,8-11H2,1H3,(H,17,18);1H. The van der Waals surface area contributed by atoms with Crippen molar-refractivity contribution in [1.29, 1.82) is 0 Å². The number of hydrogen-bond acceptors (Lipinski definition) is 5. The normalized spacial score (nSPS) is 17.9. The van der Waals surface area contributed by atoms with Crippen LogP contribution in [0, 0.1) is 5.92 Å². The fourth-order valence-electron chi connectivity index (χ4n) is 2.35. The summed E-state index contributed by atoms with van der Waals surface area (Å²) in [5, 5.41) is 6.07. The van der Waals surface area contributed by atoms with Crippen LogP contribution >= 0.6 is 12.4 Å². The highest BCUT2D eigenvalue weighted by Gasteiger charge is 2.20. The fraction of sp³-hybridized carbons (Fsp3) is 0.533. The molecule has 0 saturated carbocycles. The molecule has 130 valence electrons. The van der Waals surface area contributed by atoms with Crippen molar-refractivity contribution < 1.29 is 17.9 Å². The van der Waals surface area contributed by atoms with Gasteiger partial charge >= 0.3 is 0 Å². The van der Waals surface area contributed by atoms with E-state index in [1.807, 2.05) is 0 Å². The Bertz CT molecular complexity index is 598. The molecule has 0 radical (unpaired) electrons. The van der Waals surface area contributed by atoms with E-state index in [2.05, 4.69) is 10.6 Å². The molecule has 2 N–H and O–H groups in total. The summed E-state index contributed by atoms with van der Waals surface area (Å²) >= 11 is 0. The van der Waals surface area contributed by atoms with E-state index in [0.717, 1.165) is 25.9 Å². The molecule has 1 atom stereocenters. The lowest BCUT2D eigenvalue weighted by Crippen LogP contribution is -2.41. The number of ether oxygens (including phenoxy) is 1. The lowest BCUT2D eigenvalue weighted by Gasteiger charge is -2.21. The molecule has 23 heavy (non-hydrogen) atoms. The van der Waals surface area contributed by atoms with Crippen molar-refractivity contribution in [3.05, 3.63) is 24.3 Å². The Kier molecular flexibility index (Phi) is 7.81.